The van der Waals surface area contributed by atoms with Gasteiger partial charge in [-0.2, -0.15) is 0 Å². The molecule has 4 rings (SSSR count). The average Bonchev–Trinajstić information content (AvgIpc) is 3.17. The summed E-state index contributed by atoms with van der Waals surface area (Å²) >= 11 is 0. The Bertz CT molecular complexity index is 1040. The Morgan fingerprint density at radius 2 is 2.04 bits per heavy atom. The van der Waals surface area contributed by atoms with E-state index in [1.807, 2.05) is 6.07 Å². The number of aryl methyl sites for hydroxylation is 3. The third-order valence-electron chi connectivity index (χ3n) is 4.82. The van der Waals surface area contributed by atoms with Gasteiger partial charge in [0.15, 0.2) is 11.5 Å². The van der Waals surface area contributed by atoms with Crippen molar-refractivity contribution in [3.05, 3.63) is 51.2 Å². The van der Waals surface area contributed by atoms with Crippen molar-refractivity contribution in [1.29, 1.82) is 0 Å². The zero-order valence-electron chi connectivity index (χ0n) is 15.1. The molecule has 3 aromatic heterocycles. The van der Waals surface area contributed by atoms with Gasteiger partial charge in [0.25, 0.3) is 11.5 Å². The van der Waals surface area contributed by atoms with Crippen LogP contribution in [0.3, 0.4) is 0 Å². The molecule has 1 atom stereocenters. The van der Waals surface area contributed by atoms with Gasteiger partial charge in [-0.1, -0.05) is 0 Å². The predicted octanol–water partition coefficient (Wildman–Crippen LogP) is 2.30. The zero-order chi connectivity index (χ0) is 18.4. The van der Waals surface area contributed by atoms with Crippen molar-refractivity contribution in [3.8, 4) is 0 Å². The van der Waals surface area contributed by atoms with E-state index in [0.717, 1.165) is 25.0 Å². The van der Waals surface area contributed by atoms with Crippen molar-refractivity contribution in [2.45, 2.75) is 46.1 Å². The number of fused-ring (bicyclic) bond motifs is 1. The Kier molecular flexibility index (Phi) is 3.90. The first-order valence-electron chi connectivity index (χ1n) is 8.78. The Morgan fingerprint density at radius 1 is 1.23 bits per heavy atom. The molecule has 3 aromatic rings. The Hall–Kier alpha value is -2.90. The van der Waals surface area contributed by atoms with Gasteiger partial charge in [0.2, 0.25) is 5.76 Å². The number of piperidine rings is 1. The average molecular weight is 355 g/mol. The van der Waals surface area contributed by atoms with Crippen LogP contribution in [0.1, 0.15) is 58.8 Å². The quantitative estimate of drug-likeness (QED) is 0.761. The fourth-order valence-corrected chi connectivity index (χ4v) is 3.66. The van der Waals surface area contributed by atoms with E-state index < -0.39 is 0 Å². The lowest BCUT2D eigenvalue weighted by molar-refractivity contribution is 0.0570. The normalized spacial score (nSPS) is 17.8. The molecule has 0 radical (unpaired) electrons. The number of nitrogens with one attached hydrogen (secondary N) is 1. The van der Waals surface area contributed by atoms with Gasteiger partial charge in [-0.05, 0) is 33.1 Å². The molecule has 0 aromatic carbocycles. The SMILES string of the molecule is Cc1cc(=O)n2[nH]c([C@H]3CCCCN3C(=O)c3oc(C)nc3C)cc2n1. The fourth-order valence-electron chi connectivity index (χ4n) is 3.66. The lowest BCUT2D eigenvalue weighted by Crippen LogP contribution is -2.39. The number of hydrogen-bond donors (Lipinski definition) is 1. The molecule has 0 bridgehead atoms. The molecule has 26 heavy (non-hydrogen) atoms. The highest BCUT2D eigenvalue weighted by molar-refractivity contribution is 5.92. The maximum Gasteiger partial charge on any atom is 0.292 e. The number of aromatic amines is 1. The summed E-state index contributed by atoms with van der Waals surface area (Å²) in [6, 6.07) is 3.18. The number of hydrogen-bond acceptors (Lipinski definition) is 5. The molecule has 1 aliphatic rings. The van der Waals surface area contributed by atoms with Crippen LogP contribution < -0.4 is 5.56 Å². The van der Waals surface area contributed by atoms with E-state index in [1.165, 1.54) is 10.6 Å². The Morgan fingerprint density at radius 3 is 2.77 bits per heavy atom. The van der Waals surface area contributed by atoms with Gasteiger partial charge in [0.05, 0.1) is 17.4 Å². The fraction of sp³-hybridized carbons (Fsp3) is 0.444. The minimum absolute atomic E-state index is 0.150. The first-order chi connectivity index (χ1) is 12.4. The molecule has 1 amide bonds. The van der Waals surface area contributed by atoms with E-state index in [0.29, 0.717) is 29.5 Å². The summed E-state index contributed by atoms with van der Waals surface area (Å²) in [6.45, 7) is 5.94. The first kappa shape index (κ1) is 16.6. The first-order valence-corrected chi connectivity index (χ1v) is 8.78. The van der Waals surface area contributed by atoms with E-state index in [4.69, 9.17) is 4.42 Å². The molecule has 0 saturated carbocycles. The van der Waals surface area contributed by atoms with Crippen LogP contribution in [-0.4, -0.2) is 36.9 Å². The molecule has 0 aliphatic carbocycles. The van der Waals surface area contributed by atoms with Gasteiger partial charge in [-0.3, -0.25) is 14.7 Å². The molecule has 1 N–H and O–H groups in total. The summed E-state index contributed by atoms with van der Waals surface area (Å²) in [7, 11) is 0. The standard InChI is InChI=1S/C18H21N5O3/c1-10-8-16(24)23-15(19-10)9-13(21-23)14-6-4-5-7-22(14)18(25)17-11(2)20-12(3)26-17/h8-9,14,21H,4-7H2,1-3H3/t14-/m1/s1. The van der Waals surface area contributed by atoms with Crippen LogP contribution in [0.15, 0.2) is 21.3 Å². The highest BCUT2D eigenvalue weighted by Gasteiger charge is 2.33. The number of oxazole rings is 1. The smallest absolute Gasteiger partial charge is 0.292 e. The van der Waals surface area contributed by atoms with Crippen molar-refractivity contribution < 1.29 is 9.21 Å². The van der Waals surface area contributed by atoms with E-state index in [1.54, 1.807) is 25.7 Å². The number of carbonyl (C=O) groups is 1. The van der Waals surface area contributed by atoms with Gasteiger partial charge in [-0.15, -0.1) is 0 Å². The molecule has 0 spiro atoms. The summed E-state index contributed by atoms with van der Waals surface area (Å²) in [4.78, 5) is 35.6. The van der Waals surface area contributed by atoms with Gasteiger partial charge in [-0.25, -0.2) is 14.5 Å². The minimum atomic E-state index is -0.164. The van der Waals surface area contributed by atoms with Crippen molar-refractivity contribution in [2.75, 3.05) is 6.54 Å². The number of likely N-dealkylation sites (tertiary alicyclic amines) is 1. The number of carbonyl (C=O) groups excluding carboxylic acids is 1. The summed E-state index contributed by atoms with van der Waals surface area (Å²) in [5, 5.41) is 3.12. The van der Waals surface area contributed by atoms with Crippen LogP contribution in [0.5, 0.6) is 0 Å². The van der Waals surface area contributed by atoms with Crippen LogP contribution in [0.25, 0.3) is 5.65 Å². The highest BCUT2D eigenvalue weighted by atomic mass is 16.4. The van der Waals surface area contributed by atoms with E-state index in [-0.39, 0.29) is 23.3 Å². The molecule has 8 nitrogen and oxygen atoms in total. The number of nitrogens with zero attached hydrogens (tertiary/aromatic N) is 4. The Balaban J connectivity index is 1.74. The second-order valence-corrected chi connectivity index (χ2v) is 6.80. The summed E-state index contributed by atoms with van der Waals surface area (Å²) in [5.41, 5.74) is 2.48. The van der Waals surface area contributed by atoms with E-state index in [2.05, 4.69) is 15.1 Å². The van der Waals surface area contributed by atoms with E-state index in [9.17, 15) is 9.59 Å². The topological polar surface area (TPSA) is 96.5 Å². The second-order valence-electron chi connectivity index (χ2n) is 6.80. The van der Waals surface area contributed by atoms with E-state index >= 15 is 0 Å². The molecule has 8 heteroatoms. The van der Waals surface area contributed by atoms with Crippen molar-refractivity contribution in [2.24, 2.45) is 0 Å². The van der Waals surface area contributed by atoms with Crippen molar-refractivity contribution in [1.82, 2.24) is 24.5 Å². The Labute approximate surface area is 149 Å². The maximum absolute atomic E-state index is 13.0. The molecule has 1 fully saturated rings. The third kappa shape index (κ3) is 2.71. The molecular weight excluding hydrogens is 334 g/mol. The zero-order valence-corrected chi connectivity index (χ0v) is 15.1. The number of amides is 1. The lowest BCUT2D eigenvalue weighted by Gasteiger charge is -2.34. The second kappa shape index (κ2) is 6.12. The molecule has 136 valence electrons. The molecular formula is C18H21N5O3. The highest BCUT2D eigenvalue weighted by Crippen LogP contribution is 2.32. The molecule has 4 heterocycles. The molecule has 1 saturated heterocycles. The summed E-state index contributed by atoms with van der Waals surface area (Å²) in [5.74, 6) is 0.607. The molecule has 0 unspecified atom stereocenters. The molecule has 1 aliphatic heterocycles. The largest absolute Gasteiger partial charge is 0.436 e. The van der Waals surface area contributed by atoms with Gasteiger partial charge < -0.3 is 9.32 Å². The maximum atomic E-state index is 13.0. The number of rotatable bonds is 2. The monoisotopic (exact) mass is 355 g/mol. The van der Waals surface area contributed by atoms with Gasteiger partial charge in [0, 0.05) is 31.3 Å². The van der Waals surface area contributed by atoms with Crippen LogP contribution in [0.2, 0.25) is 0 Å². The van der Waals surface area contributed by atoms with Gasteiger partial charge >= 0.3 is 0 Å². The van der Waals surface area contributed by atoms with Crippen LogP contribution in [-0.2, 0) is 0 Å². The van der Waals surface area contributed by atoms with Crippen LogP contribution >= 0.6 is 0 Å². The van der Waals surface area contributed by atoms with Crippen molar-refractivity contribution in [3.63, 3.8) is 0 Å². The summed E-state index contributed by atoms with van der Waals surface area (Å²) < 4.78 is 6.95. The van der Waals surface area contributed by atoms with Gasteiger partial charge in [0.1, 0.15) is 0 Å². The number of aromatic nitrogens is 4. The number of H-pyrrole nitrogens is 1. The predicted molar refractivity (Wildman–Crippen MR) is 94.2 cm³/mol. The van der Waals surface area contributed by atoms with Crippen LogP contribution in [0.4, 0.5) is 0 Å². The van der Waals surface area contributed by atoms with Crippen LogP contribution in [0, 0.1) is 20.8 Å². The summed E-state index contributed by atoms with van der Waals surface area (Å²) in [6.07, 6.45) is 2.77. The minimum Gasteiger partial charge on any atom is -0.436 e. The lowest BCUT2D eigenvalue weighted by atomic mass is 9.99. The third-order valence-corrected chi connectivity index (χ3v) is 4.82. The van der Waals surface area contributed by atoms with Crippen molar-refractivity contribution >= 4 is 11.6 Å².